The van der Waals surface area contributed by atoms with Crippen LogP contribution in [0.5, 0.6) is 0 Å². The van der Waals surface area contributed by atoms with Crippen LogP contribution in [0.1, 0.15) is 26.7 Å². The Labute approximate surface area is 134 Å². The van der Waals surface area contributed by atoms with Crippen LogP contribution in [0, 0.1) is 5.82 Å². The Morgan fingerprint density at radius 3 is 2.39 bits per heavy atom. The summed E-state index contributed by atoms with van der Waals surface area (Å²) in [6, 6.07) is 6.23. The van der Waals surface area contributed by atoms with E-state index in [-0.39, 0.29) is 5.82 Å². The summed E-state index contributed by atoms with van der Waals surface area (Å²) in [5.74, 6) is 0.643. The van der Waals surface area contributed by atoms with Crippen molar-refractivity contribution in [3.63, 3.8) is 0 Å². The molecule has 0 unspecified atom stereocenters. The molecule has 0 atom stereocenters. The van der Waals surface area contributed by atoms with Crippen LogP contribution in [-0.2, 0) is 0 Å². The molecule has 0 saturated heterocycles. The van der Waals surface area contributed by atoms with Crippen molar-refractivity contribution in [2.24, 2.45) is 0 Å². The standard InChI is InChI=1S/C17H20FN5/c1-3-9-22(10-4-2)16-15-11-21-23(17(15)20-12-19-16)14-7-5-13(18)6-8-14/h5-8,11-12H,3-4,9-10H2,1-2H3. The third-order valence-electron chi connectivity index (χ3n) is 3.70. The number of anilines is 1. The van der Waals surface area contributed by atoms with Gasteiger partial charge in [-0.15, -0.1) is 0 Å². The van der Waals surface area contributed by atoms with E-state index in [9.17, 15) is 4.39 Å². The zero-order chi connectivity index (χ0) is 16.2. The summed E-state index contributed by atoms with van der Waals surface area (Å²) in [6.07, 6.45) is 5.46. The Balaban J connectivity index is 2.08. The first kappa shape index (κ1) is 15.4. The Bertz CT molecular complexity index is 775. The van der Waals surface area contributed by atoms with E-state index in [4.69, 9.17) is 0 Å². The Hall–Kier alpha value is -2.50. The van der Waals surface area contributed by atoms with Gasteiger partial charge in [0, 0.05) is 13.1 Å². The predicted octanol–water partition coefficient (Wildman–Crippen LogP) is 3.58. The number of fused-ring (bicyclic) bond motifs is 1. The van der Waals surface area contributed by atoms with Crippen LogP contribution in [0.3, 0.4) is 0 Å². The van der Waals surface area contributed by atoms with Crippen molar-refractivity contribution in [2.45, 2.75) is 26.7 Å². The smallest absolute Gasteiger partial charge is 0.168 e. The van der Waals surface area contributed by atoms with Crippen LogP contribution in [0.15, 0.2) is 36.8 Å². The SMILES string of the molecule is CCCN(CCC)c1ncnc2c1cnn2-c1ccc(F)cc1. The molecule has 3 aromatic rings. The van der Waals surface area contributed by atoms with E-state index < -0.39 is 0 Å². The maximum Gasteiger partial charge on any atom is 0.168 e. The molecule has 0 aliphatic heterocycles. The highest BCUT2D eigenvalue weighted by Crippen LogP contribution is 2.25. The first-order valence-corrected chi connectivity index (χ1v) is 7.94. The third kappa shape index (κ3) is 3.02. The van der Waals surface area contributed by atoms with Crippen LogP contribution in [0.4, 0.5) is 10.2 Å². The highest BCUT2D eigenvalue weighted by atomic mass is 19.1. The molecule has 0 aliphatic carbocycles. The second-order valence-electron chi connectivity index (χ2n) is 5.45. The van der Waals surface area contributed by atoms with E-state index in [1.54, 1.807) is 29.3 Å². The first-order valence-electron chi connectivity index (χ1n) is 7.94. The lowest BCUT2D eigenvalue weighted by Gasteiger charge is -2.22. The lowest BCUT2D eigenvalue weighted by molar-refractivity contribution is 0.627. The lowest BCUT2D eigenvalue weighted by Crippen LogP contribution is -2.26. The fourth-order valence-corrected chi connectivity index (χ4v) is 2.72. The minimum atomic E-state index is -0.266. The summed E-state index contributed by atoms with van der Waals surface area (Å²) in [5, 5.41) is 5.34. The summed E-state index contributed by atoms with van der Waals surface area (Å²) < 4.78 is 14.8. The molecule has 0 saturated carbocycles. The topological polar surface area (TPSA) is 46.8 Å². The molecule has 0 spiro atoms. The number of hydrogen-bond donors (Lipinski definition) is 0. The summed E-state index contributed by atoms with van der Waals surface area (Å²) in [7, 11) is 0. The fourth-order valence-electron chi connectivity index (χ4n) is 2.72. The number of halogens is 1. The van der Waals surface area contributed by atoms with Gasteiger partial charge >= 0.3 is 0 Å². The Morgan fingerprint density at radius 1 is 1.04 bits per heavy atom. The normalized spacial score (nSPS) is 11.1. The molecule has 5 nitrogen and oxygen atoms in total. The van der Waals surface area contributed by atoms with Gasteiger partial charge in [0.2, 0.25) is 0 Å². The largest absolute Gasteiger partial charge is 0.356 e. The Kier molecular flexibility index (Phi) is 4.50. The van der Waals surface area contributed by atoms with E-state index in [0.717, 1.165) is 48.5 Å². The molecule has 23 heavy (non-hydrogen) atoms. The highest BCUT2D eigenvalue weighted by Gasteiger charge is 2.15. The van der Waals surface area contributed by atoms with Crippen molar-refractivity contribution in [1.82, 2.24) is 19.7 Å². The average Bonchev–Trinajstić information content (AvgIpc) is 2.99. The van der Waals surface area contributed by atoms with Crippen molar-refractivity contribution in [3.05, 3.63) is 42.6 Å². The van der Waals surface area contributed by atoms with Gasteiger partial charge in [0.1, 0.15) is 18.0 Å². The summed E-state index contributed by atoms with van der Waals surface area (Å²) in [5.41, 5.74) is 1.52. The molecule has 1 aromatic carbocycles. The van der Waals surface area contributed by atoms with Crippen molar-refractivity contribution < 1.29 is 4.39 Å². The average molecular weight is 313 g/mol. The predicted molar refractivity (Wildman–Crippen MR) is 89.4 cm³/mol. The van der Waals surface area contributed by atoms with E-state index in [2.05, 4.69) is 33.8 Å². The maximum absolute atomic E-state index is 13.1. The summed E-state index contributed by atoms with van der Waals surface area (Å²) >= 11 is 0. The minimum Gasteiger partial charge on any atom is -0.356 e. The third-order valence-corrected chi connectivity index (χ3v) is 3.70. The van der Waals surface area contributed by atoms with Gasteiger partial charge in [0.25, 0.3) is 0 Å². The van der Waals surface area contributed by atoms with Gasteiger partial charge in [0.05, 0.1) is 17.3 Å². The quantitative estimate of drug-likeness (QED) is 0.698. The molecule has 2 aromatic heterocycles. The minimum absolute atomic E-state index is 0.266. The number of benzene rings is 1. The summed E-state index contributed by atoms with van der Waals surface area (Å²) in [4.78, 5) is 11.1. The summed E-state index contributed by atoms with van der Waals surface area (Å²) in [6.45, 7) is 6.20. The molecule has 3 rings (SSSR count). The molecule has 2 heterocycles. The second-order valence-corrected chi connectivity index (χ2v) is 5.45. The molecule has 0 radical (unpaired) electrons. The van der Waals surface area contributed by atoms with Crippen molar-refractivity contribution in [1.29, 1.82) is 0 Å². The van der Waals surface area contributed by atoms with Gasteiger partial charge in [-0.25, -0.2) is 19.0 Å². The second kappa shape index (κ2) is 6.73. The fraction of sp³-hybridized carbons (Fsp3) is 0.353. The highest BCUT2D eigenvalue weighted by molar-refractivity contribution is 5.87. The Morgan fingerprint density at radius 2 is 1.74 bits per heavy atom. The molecule has 0 amide bonds. The van der Waals surface area contributed by atoms with E-state index >= 15 is 0 Å². The molecule has 6 heteroatoms. The van der Waals surface area contributed by atoms with Gasteiger partial charge in [0.15, 0.2) is 5.65 Å². The van der Waals surface area contributed by atoms with Gasteiger partial charge in [-0.1, -0.05) is 13.8 Å². The maximum atomic E-state index is 13.1. The van der Waals surface area contributed by atoms with Crippen LogP contribution >= 0.6 is 0 Å². The number of aromatic nitrogens is 4. The molecule has 0 aliphatic rings. The van der Waals surface area contributed by atoms with Crippen LogP contribution < -0.4 is 4.90 Å². The van der Waals surface area contributed by atoms with Crippen LogP contribution in [0.2, 0.25) is 0 Å². The van der Waals surface area contributed by atoms with Crippen LogP contribution in [-0.4, -0.2) is 32.8 Å². The van der Waals surface area contributed by atoms with Gasteiger partial charge in [-0.05, 0) is 37.1 Å². The number of rotatable bonds is 6. The molecule has 120 valence electrons. The van der Waals surface area contributed by atoms with E-state index in [1.165, 1.54) is 12.1 Å². The van der Waals surface area contributed by atoms with Crippen molar-refractivity contribution in [3.8, 4) is 5.69 Å². The molecule has 0 bridgehead atoms. The van der Waals surface area contributed by atoms with Gasteiger partial charge in [-0.3, -0.25) is 0 Å². The van der Waals surface area contributed by atoms with E-state index in [1.807, 2.05) is 0 Å². The number of nitrogens with zero attached hydrogens (tertiary/aromatic N) is 5. The van der Waals surface area contributed by atoms with Crippen molar-refractivity contribution in [2.75, 3.05) is 18.0 Å². The monoisotopic (exact) mass is 313 g/mol. The zero-order valence-electron chi connectivity index (χ0n) is 13.4. The molecule has 0 N–H and O–H groups in total. The molecular weight excluding hydrogens is 293 g/mol. The van der Waals surface area contributed by atoms with Gasteiger partial charge in [-0.2, -0.15) is 5.10 Å². The molecule has 0 fully saturated rings. The zero-order valence-corrected chi connectivity index (χ0v) is 13.4. The molecular formula is C17H20FN5. The van der Waals surface area contributed by atoms with Crippen molar-refractivity contribution >= 4 is 16.9 Å². The van der Waals surface area contributed by atoms with Gasteiger partial charge < -0.3 is 4.90 Å². The van der Waals surface area contributed by atoms with Crippen LogP contribution in [0.25, 0.3) is 16.7 Å². The number of hydrogen-bond acceptors (Lipinski definition) is 4. The first-order chi connectivity index (χ1) is 11.2. The lowest BCUT2D eigenvalue weighted by atomic mass is 10.3. The van der Waals surface area contributed by atoms with E-state index in [0.29, 0.717) is 0 Å².